The third-order valence-electron chi connectivity index (χ3n) is 2.97. The van der Waals surface area contributed by atoms with Crippen molar-refractivity contribution in [2.45, 2.75) is 19.5 Å². The van der Waals surface area contributed by atoms with E-state index in [1.165, 1.54) is 0 Å². The van der Waals surface area contributed by atoms with Crippen molar-refractivity contribution in [3.05, 3.63) is 35.3 Å². The first-order valence-electron chi connectivity index (χ1n) is 6.32. The van der Waals surface area contributed by atoms with E-state index in [1.54, 1.807) is 6.92 Å². The van der Waals surface area contributed by atoms with Gasteiger partial charge in [-0.3, -0.25) is 14.0 Å². The molecule has 2 rings (SSSR count). The van der Waals surface area contributed by atoms with E-state index in [0.717, 1.165) is 22.7 Å². The van der Waals surface area contributed by atoms with Crippen molar-refractivity contribution in [3.63, 3.8) is 0 Å². The van der Waals surface area contributed by atoms with Gasteiger partial charge in [0.05, 0.1) is 11.3 Å². The molecule has 0 fully saturated rings. The average Bonchev–Trinajstić information content (AvgIpc) is 2.81. The van der Waals surface area contributed by atoms with Crippen LogP contribution in [-0.4, -0.2) is 32.9 Å². The second kappa shape index (κ2) is 5.66. The molecule has 0 aliphatic heterocycles. The van der Waals surface area contributed by atoms with Gasteiger partial charge in [0.1, 0.15) is 17.9 Å². The maximum absolute atomic E-state index is 12.8. The van der Waals surface area contributed by atoms with Gasteiger partial charge in [-0.1, -0.05) is 6.92 Å². The van der Waals surface area contributed by atoms with Crippen molar-refractivity contribution >= 4 is 17.5 Å². The van der Waals surface area contributed by atoms with E-state index >= 15 is 0 Å². The number of carbonyl (C=O) groups is 2. The Morgan fingerprint density at radius 3 is 2.59 bits per heavy atom. The van der Waals surface area contributed by atoms with Gasteiger partial charge >= 0.3 is 12.1 Å². The summed E-state index contributed by atoms with van der Waals surface area (Å²) >= 11 is 0. The van der Waals surface area contributed by atoms with Crippen LogP contribution in [0.1, 0.15) is 28.7 Å². The van der Waals surface area contributed by atoms with Gasteiger partial charge in [0.2, 0.25) is 0 Å². The van der Waals surface area contributed by atoms with Gasteiger partial charge in [-0.05, 0) is 18.6 Å². The van der Waals surface area contributed by atoms with Crippen LogP contribution in [-0.2, 0) is 17.4 Å². The number of aliphatic carboxylic acids is 1. The quantitative estimate of drug-likeness (QED) is 0.900. The summed E-state index contributed by atoms with van der Waals surface area (Å²) in [5.74, 6) is -2.04. The molecule has 9 heteroatoms. The number of nitrogens with zero attached hydrogens (tertiary/aromatic N) is 2. The molecule has 0 aromatic carbocycles. The van der Waals surface area contributed by atoms with Crippen LogP contribution in [0, 0.1) is 0 Å². The standard InChI is InChI=1S/C13H12F3N3O3/c1-2-8-11(12(22)17-5-10(20)21)19-6-7(13(14,15)16)3-4-9(19)18-8/h3-4,6H,2,5H2,1H3,(H,17,22)(H,20,21). The molecule has 2 aromatic rings. The summed E-state index contributed by atoms with van der Waals surface area (Å²) in [6.07, 6.45) is -3.46. The average molecular weight is 315 g/mol. The Hall–Kier alpha value is -2.58. The van der Waals surface area contributed by atoms with Crippen LogP contribution >= 0.6 is 0 Å². The van der Waals surface area contributed by atoms with Crippen LogP contribution in [0.2, 0.25) is 0 Å². The Morgan fingerprint density at radius 2 is 2.05 bits per heavy atom. The highest BCUT2D eigenvalue weighted by molar-refractivity contribution is 5.96. The zero-order chi connectivity index (χ0) is 16.5. The predicted octanol–water partition coefficient (Wildman–Crippen LogP) is 1.73. The van der Waals surface area contributed by atoms with E-state index < -0.39 is 30.2 Å². The molecule has 1 amide bonds. The van der Waals surface area contributed by atoms with E-state index in [0.29, 0.717) is 12.1 Å². The molecular weight excluding hydrogens is 303 g/mol. The molecule has 0 atom stereocenters. The fourth-order valence-electron chi connectivity index (χ4n) is 1.99. The topological polar surface area (TPSA) is 83.7 Å². The third-order valence-corrected chi connectivity index (χ3v) is 2.97. The first-order valence-corrected chi connectivity index (χ1v) is 6.32. The molecule has 0 bridgehead atoms. The van der Waals surface area contributed by atoms with Crippen LogP contribution in [0.4, 0.5) is 13.2 Å². The van der Waals surface area contributed by atoms with Crippen LogP contribution in [0.25, 0.3) is 5.65 Å². The number of halogens is 3. The number of alkyl halides is 3. The number of hydrogen-bond donors (Lipinski definition) is 2. The Labute approximate surface area is 122 Å². The van der Waals surface area contributed by atoms with Crippen LogP contribution < -0.4 is 5.32 Å². The number of rotatable bonds is 4. The second-order valence-corrected chi connectivity index (χ2v) is 4.48. The number of amides is 1. The Balaban J connectivity index is 2.54. The smallest absolute Gasteiger partial charge is 0.417 e. The number of aromatic nitrogens is 2. The van der Waals surface area contributed by atoms with E-state index in [1.807, 2.05) is 0 Å². The minimum Gasteiger partial charge on any atom is -0.480 e. The predicted molar refractivity (Wildman–Crippen MR) is 69.5 cm³/mol. The summed E-state index contributed by atoms with van der Waals surface area (Å²) in [6, 6.07) is 2.04. The van der Waals surface area contributed by atoms with Crippen LogP contribution in [0.15, 0.2) is 18.3 Å². The highest BCUT2D eigenvalue weighted by atomic mass is 19.4. The zero-order valence-corrected chi connectivity index (χ0v) is 11.4. The molecule has 0 spiro atoms. The van der Waals surface area contributed by atoms with Gasteiger partial charge < -0.3 is 10.4 Å². The number of imidazole rings is 1. The summed E-state index contributed by atoms with van der Waals surface area (Å²) < 4.78 is 39.4. The molecule has 6 nitrogen and oxygen atoms in total. The molecule has 2 heterocycles. The highest BCUT2D eigenvalue weighted by Crippen LogP contribution is 2.29. The summed E-state index contributed by atoms with van der Waals surface area (Å²) in [4.78, 5) is 26.6. The SMILES string of the molecule is CCc1nc2ccc(C(F)(F)F)cn2c1C(=O)NCC(=O)O. The van der Waals surface area contributed by atoms with E-state index in [4.69, 9.17) is 5.11 Å². The van der Waals surface area contributed by atoms with Gasteiger partial charge in [0.15, 0.2) is 0 Å². The minimum absolute atomic E-state index is 0.0927. The molecule has 0 radical (unpaired) electrons. The zero-order valence-electron chi connectivity index (χ0n) is 11.4. The molecule has 0 unspecified atom stereocenters. The molecule has 2 aromatic heterocycles. The summed E-state index contributed by atoms with van der Waals surface area (Å²) in [7, 11) is 0. The number of pyridine rings is 1. The van der Waals surface area contributed by atoms with Crippen molar-refractivity contribution in [2.24, 2.45) is 0 Å². The van der Waals surface area contributed by atoms with Crippen molar-refractivity contribution in [1.29, 1.82) is 0 Å². The lowest BCUT2D eigenvalue weighted by molar-refractivity contribution is -0.138. The number of carbonyl (C=O) groups excluding carboxylic acids is 1. The normalized spacial score (nSPS) is 11.6. The van der Waals surface area contributed by atoms with Crippen molar-refractivity contribution < 1.29 is 27.9 Å². The Bertz CT molecular complexity index is 737. The monoisotopic (exact) mass is 315 g/mol. The maximum atomic E-state index is 12.8. The maximum Gasteiger partial charge on any atom is 0.417 e. The number of fused-ring (bicyclic) bond motifs is 1. The fourth-order valence-corrected chi connectivity index (χ4v) is 1.99. The number of nitrogens with one attached hydrogen (secondary N) is 1. The first kappa shape index (κ1) is 15.8. The third kappa shape index (κ3) is 3.02. The Morgan fingerprint density at radius 1 is 1.36 bits per heavy atom. The second-order valence-electron chi connectivity index (χ2n) is 4.48. The summed E-state index contributed by atoms with van der Waals surface area (Å²) in [6.45, 7) is 1.06. The number of hydrogen-bond acceptors (Lipinski definition) is 3. The molecule has 0 aliphatic carbocycles. The number of carboxylic acids is 1. The summed E-state index contributed by atoms with van der Waals surface area (Å²) in [5, 5.41) is 10.7. The van der Waals surface area contributed by atoms with Gasteiger partial charge in [-0.15, -0.1) is 0 Å². The Kier molecular flexibility index (Phi) is 4.07. The molecule has 22 heavy (non-hydrogen) atoms. The molecule has 2 N–H and O–H groups in total. The fraction of sp³-hybridized carbons (Fsp3) is 0.308. The van der Waals surface area contributed by atoms with Crippen molar-refractivity contribution in [1.82, 2.24) is 14.7 Å². The van der Waals surface area contributed by atoms with E-state index in [9.17, 15) is 22.8 Å². The molecular formula is C13H12F3N3O3. The highest BCUT2D eigenvalue weighted by Gasteiger charge is 2.31. The van der Waals surface area contributed by atoms with E-state index in [2.05, 4.69) is 10.3 Å². The van der Waals surface area contributed by atoms with Crippen molar-refractivity contribution in [3.8, 4) is 0 Å². The summed E-state index contributed by atoms with van der Waals surface area (Å²) in [5.41, 5.74) is -0.537. The molecule has 118 valence electrons. The first-order chi connectivity index (χ1) is 10.2. The number of aryl methyl sites for hydroxylation is 1. The molecule has 0 aliphatic rings. The van der Waals surface area contributed by atoms with Gasteiger partial charge in [-0.25, -0.2) is 4.98 Å². The molecule has 0 saturated carbocycles. The molecule has 0 saturated heterocycles. The van der Waals surface area contributed by atoms with Crippen LogP contribution in [0.5, 0.6) is 0 Å². The van der Waals surface area contributed by atoms with Gasteiger partial charge in [0.25, 0.3) is 5.91 Å². The largest absolute Gasteiger partial charge is 0.480 e. The van der Waals surface area contributed by atoms with Crippen molar-refractivity contribution in [2.75, 3.05) is 6.54 Å². The van der Waals surface area contributed by atoms with Gasteiger partial charge in [0, 0.05) is 6.20 Å². The lowest BCUT2D eigenvalue weighted by atomic mass is 10.2. The minimum atomic E-state index is -4.56. The van der Waals surface area contributed by atoms with Crippen LogP contribution in [0.3, 0.4) is 0 Å². The van der Waals surface area contributed by atoms with E-state index in [-0.39, 0.29) is 11.3 Å². The van der Waals surface area contributed by atoms with Gasteiger partial charge in [-0.2, -0.15) is 13.2 Å². The lowest BCUT2D eigenvalue weighted by Gasteiger charge is -2.08. The number of carboxylic acid groups (broad SMARTS) is 1. The lowest BCUT2D eigenvalue weighted by Crippen LogP contribution is -2.30.